The molecule has 3 aliphatic rings. The van der Waals surface area contributed by atoms with E-state index in [0.717, 1.165) is 0 Å². The number of hydrogen-bond acceptors (Lipinski definition) is 1. The van der Waals surface area contributed by atoms with Gasteiger partial charge in [0.2, 0.25) is 0 Å². The zero-order valence-electron chi connectivity index (χ0n) is 9.73. The van der Waals surface area contributed by atoms with E-state index >= 15 is 0 Å². The van der Waals surface area contributed by atoms with E-state index in [9.17, 15) is 0 Å². The van der Waals surface area contributed by atoms with E-state index in [0.29, 0.717) is 11.1 Å². The molecule has 1 heteroatoms. The van der Waals surface area contributed by atoms with Crippen LogP contribution in [0.3, 0.4) is 0 Å². The fourth-order valence-corrected chi connectivity index (χ4v) is 3.85. The molecule has 0 atom stereocenters. The molecule has 0 aromatic carbocycles. The van der Waals surface area contributed by atoms with Crippen molar-refractivity contribution in [3.8, 4) is 0 Å². The first kappa shape index (κ1) is 9.89. The number of nitrogens with one attached hydrogen (secondary N) is 1. The third kappa shape index (κ3) is 1.75. The summed E-state index contributed by atoms with van der Waals surface area (Å²) in [6, 6.07) is 0. The molecular formula is C14H23N. The Labute approximate surface area is 93.3 Å². The first-order chi connectivity index (χ1) is 7.33. The monoisotopic (exact) mass is 205 g/mol. The van der Waals surface area contributed by atoms with Gasteiger partial charge in [-0.15, -0.1) is 0 Å². The van der Waals surface area contributed by atoms with E-state index in [2.05, 4.69) is 17.5 Å². The second kappa shape index (κ2) is 3.62. The summed E-state index contributed by atoms with van der Waals surface area (Å²) in [7, 11) is 0. The van der Waals surface area contributed by atoms with E-state index in [4.69, 9.17) is 0 Å². The maximum atomic E-state index is 4.01. The van der Waals surface area contributed by atoms with E-state index < -0.39 is 0 Å². The summed E-state index contributed by atoms with van der Waals surface area (Å²) in [5.41, 5.74) is 0.825. The Morgan fingerprint density at radius 2 is 1.00 bits per heavy atom. The summed E-state index contributed by atoms with van der Waals surface area (Å²) >= 11 is 0. The first-order valence-electron chi connectivity index (χ1n) is 6.82. The molecule has 3 rings (SSSR count). The molecule has 2 aliphatic carbocycles. The molecule has 15 heavy (non-hydrogen) atoms. The molecule has 0 aromatic heterocycles. The van der Waals surface area contributed by atoms with Crippen LogP contribution in [0.15, 0.2) is 12.2 Å². The van der Waals surface area contributed by atoms with Crippen LogP contribution in [0.25, 0.3) is 0 Å². The molecule has 0 bridgehead atoms. The first-order valence-corrected chi connectivity index (χ1v) is 6.82. The Bertz CT molecular complexity index is 229. The fraction of sp³-hybridized carbons (Fsp3) is 0.857. The molecule has 0 aromatic rings. The fourth-order valence-electron chi connectivity index (χ4n) is 3.85. The van der Waals surface area contributed by atoms with Crippen molar-refractivity contribution in [3.05, 3.63) is 12.2 Å². The quantitative estimate of drug-likeness (QED) is 0.596. The highest BCUT2D eigenvalue weighted by molar-refractivity contribution is 5.25. The van der Waals surface area contributed by atoms with Crippen LogP contribution in [0.2, 0.25) is 0 Å². The summed E-state index contributed by atoms with van der Waals surface area (Å²) in [6.07, 6.45) is 19.2. The van der Waals surface area contributed by atoms with Crippen LogP contribution in [0, 0.1) is 0 Å². The number of hydrogen-bond donors (Lipinski definition) is 1. The zero-order chi connectivity index (χ0) is 10.2. The van der Waals surface area contributed by atoms with Gasteiger partial charge in [-0.2, -0.15) is 0 Å². The van der Waals surface area contributed by atoms with E-state index in [1.54, 1.807) is 0 Å². The maximum Gasteiger partial charge on any atom is 0.0372 e. The van der Waals surface area contributed by atoms with Crippen molar-refractivity contribution >= 4 is 0 Å². The predicted molar refractivity (Wildman–Crippen MR) is 63.9 cm³/mol. The maximum absolute atomic E-state index is 4.01. The van der Waals surface area contributed by atoms with Gasteiger partial charge in [0.25, 0.3) is 0 Å². The van der Waals surface area contributed by atoms with Gasteiger partial charge in [-0.1, -0.05) is 50.7 Å². The minimum Gasteiger partial charge on any atom is -0.299 e. The Morgan fingerprint density at radius 1 is 0.600 bits per heavy atom. The van der Waals surface area contributed by atoms with Crippen LogP contribution in [0.4, 0.5) is 0 Å². The minimum absolute atomic E-state index is 0.412. The molecule has 0 saturated heterocycles. The van der Waals surface area contributed by atoms with Crippen molar-refractivity contribution in [2.24, 2.45) is 0 Å². The Morgan fingerprint density at radius 3 is 1.40 bits per heavy atom. The van der Waals surface area contributed by atoms with E-state index in [1.807, 2.05) is 0 Å². The van der Waals surface area contributed by atoms with Gasteiger partial charge in [0.05, 0.1) is 0 Å². The lowest BCUT2D eigenvalue weighted by Crippen LogP contribution is -2.53. The van der Waals surface area contributed by atoms with Gasteiger partial charge in [0.1, 0.15) is 0 Å². The lowest BCUT2D eigenvalue weighted by molar-refractivity contribution is 0.210. The SMILES string of the molecule is C1=CC2(CCCCC2)NC12CCCCC2. The van der Waals surface area contributed by atoms with E-state index in [-0.39, 0.29) is 0 Å². The largest absolute Gasteiger partial charge is 0.299 e. The van der Waals surface area contributed by atoms with Crippen molar-refractivity contribution in [1.29, 1.82) is 0 Å². The average molecular weight is 205 g/mol. The molecule has 2 fully saturated rings. The average Bonchev–Trinajstić information content (AvgIpc) is 2.60. The third-order valence-corrected chi connectivity index (χ3v) is 4.71. The predicted octanol–water partition coefficient (Wildman–Crippen LogP) is 3.55. The van der Waals surface area contributed by atoms with Crippen molar-refractivity contribution in [3.63, 3.8) is 0 Å². The summed E-state index contributed by atoms with van der Waals surface area (Å²) in [6.45, 7) is 0. The van der Waals surface area contributed by atoms with Gasteiger partial charge in [0, 0.05) is 11.1 Å². The second-order valence-corrected chi connectivity index (χ2v) is 5.89. The van der Waals surface area contributed by atoms with Gasteiger partial charge >= 0.3 is 0 Å². The summed E-state index contributed by atoms with van der Waals surface area (Å²) in [5.74, 6) is 0. The topological polar surface area (TPSA) is 12.0 Å². The Kier molecular flexibility index (Phi) is 2.39. The molecule has 84 valence electrons. The van der Waals surface area contributed by atoms with Gasteiger partial charge in [0.15, 0.2) is 0 Å². The van der Waals surface area contributed by atoms with Gasteiger partial charge in [-0.25, -0.2) is 0 Å². The lowest BCUT2D eigenvalue weighted by Gasteiger charge is -2.41. The minimum atomic E-state index is 0.412. The molecule has 2 saturated carbocycles. The summed E-state index contributed by atoms with van der Waals surface area (Å²) in [4.78, 5) is 0. The summed E-state index contributed by atoms with van der Waals surface area (Å²) in [5, 5.41) is 4.01. The Balaban J connectivity index is 1.74. The van der Waals surface area contributed by atoms with Crippen LogP contribution in [-0.4, -0.2) is 11.1 Å². The van der Waals surface area contributed by atoms with Crippen LogP contribution in [0.5, 0.6) is 0 Å². The zero-order valence-corrected chi connectivity index (χ0v) is 9.73. The van der Waals surface area contributed by atoms with Gasteiger partial charge < -0.3 is 0 Å². The highest BCUT2D eigenvalue weighted by Crippen LogP contribution is 2.41. The number of rotatable bonds is 0. The molecule has 1 heterocycles. The van der Waals surface area contributed by atoms with Crippen LogP contribution in [0.1, 0.15) is 64.2 Å². The normalized spacial score (nSPS) is 32.5. The van der Waals surface area contributed by atoms with Crippen molar-refractivity contribution in [2.75, 3.05) is 0 Å². The van der Waals surface area contributed by atoms with Crippen molar-refractivity contribution in [1.82, 2.24) is 5.32 Å². The van der Waals surface area contributed by atoms with Crippen LogP contribution >= 0.6 is 0 Å². The van der Waals surface area contributed by atoms with Crippen LogP contribution in [-0.2, 0) is 0 Å². The van der Waals surface area contributed by atoms with Gasteiger partial charge in [-0.3, -0.25) is 5.32 Å². The second-order valence-electron chi connectivity index (χ2n) is 5.89. The Hall–Kier alpha value is -0.300. The molecule has 1 nitrogen and oxygen atoms in total. The summed E-state index contributed by atoms with van der Waals surface area (Å²) < 4.78 is 0. The molecule has 0 amide bonds. The molecule has 2 spiro atoms. The molecule has 0 unspecified atom stereocenters. The molecule has 0 radical (unpaired) electrons. The molecular weight excluding hydrogens is 182 g/mol. The van der Waals surface area contributed by atoms with Gasteiger partial charge in [-0.05, 0) is 25.7 Å². The molecule has 1 N–H and O–H groups in total. The van der Waals surface area contributed by atoms with Crippen molar-refractivity contribution in [2.45, 2.75) is 75.3 Å². The van der Waals surface area contributed by atoms with Crippen LogP contribution < -0.4 is 5.32 Å². The molecule has 1 aliphatic heterocycles. The third-order valence-electron chi connectivity index (χ3n) is 4.71. The highest BCUT2D eigenvalue weighted by Gasteiger charge is 2.43. The lowest BCUT2D eigenvalue weighted by atomic mass is 9.80. The van der Waals surface area contributed by atoms with E-state index in [1.165, 1.54) is 64.2 Å². The standard InChI is InChI=1S/C14H23N/c1-3-7-13(8-4-1)11-12-14(15-13)9-5-2-6-10-14/h11-12,15H,1-10H2. The smallest absolute Gasteiger partial charge is 0.0372 e. The van der Waals surface area contributed by atoms with Crippen molar-refractivity contribution < 1.29 is 0 Å². The highest BCUT2D eigenvalue weighted by atomic mass is 15.1.